The van der Waals surface area contributed by atoms with Crippen molar-refractivity contribution in [2.45, 2.75) is 18.9 Å². The number of nitrogens with one attached hydrogen (secondary N) is 2. The minimum Gasteiger partial charge on any atom is -0.375 e. The maximum atomic E-state index is 10.9. The van der Waals surface area contributed by atoms with Crippen molar-refractivity contribution < 1.29 is 4.92 Å². The van der Waals surface area contributed by atoms with Gasteiger partial charge in [0, 0.05) is 23.1 Å². The van der Waals surface area contributed by atoms with E-state index in [-0.39, 0.29) is 16.7 Å². The second-order valence-electron chi connectivity index (χ2n) is 4.11. The zero-order valence-electron chi connectivity index (χ0n) is 9.28. The monoisotopic (exact) mass is 299 g/mol. The van der Waals surface area contributed by atoms with Crippen LogP contribution in [0.5, 0.6) is 0 Å². The van der Waals surface area contributed by atoms with Gasteiger partial charge in [-0.25, -0.2) is 0 Å². The lowest BCUT2D eigenvalue weighted by molar-refractivity contribution is -0.384. The van der Waals surface area contributed by atoms with Gasteiger partial charge in [-0.05, 0) is 31.5 Å². The van der Waals surface area contributed by atoms with Crippen LogP contribution in [0.25, 0.3) is 0 Å². The van der Waals surface area contributed by atoms with E-state index in [1.807, 2.05) is 6.07 Å². The summed E-state index contributed by atoms with van der Waals surface area (Å²) in [6, 6.07) is 5.35. The number of hydrogen-bond donors (Lipinski definition) is 2. The number of hydrogen-bond acceptors (Lipinski definition) is 4. The largest absolute Gasteiger partial charge is 0.375 e. The SMILES string of the molecule is O=[N+]([O-])c1cc(Br)ccc1N[C@@H]1CCCNC1. The summed E-state index contributed by atoms with van der Waals surface area (Å²) >= 11 is 3.25. The predicted molar refractivity (Wildman–Crippen MR) is 70.3 cm³/mol. The Kier molecular flexibility index (Phi) is 3.96. The van der Waals surface area contributed by atoms with Gasteiger partial charge in [0.15, 0.2) is 0 Å². The fourth-order valence-corrected chi connectivity index (χ4v) is 2.32. The van der Waals surface area contributed by atoms with Crippen molar-refractivity contribution >= 4 is 27.3 Å². The van der Waals surface area contributed by atoms with Crippen LogP contribution in [0, 0.1) is 10.1 Å². The molecule has 0 amide bonds. The Labute approximate surface area is 108 Å². The summed E-state index contributed by atoms with van der Waals surface area (Å²) in [7, 11) is 0. The first-order valence-electron chi connectivity index (χ1n) is 5.58. The first kappa shape index (κ1) is 12.3. The Hall–Kier alpha value is -1.14. The molecule has 17 heavy (non-hydrogen) atoms. The number of piperidine rings is 1. The van der Waals surface area contributed by atoms with Crippen LogP contribution in [0.4, 0.5) is 11.4 Å². The van der Waals surface area contributed by atoms with Crippen molar-refractivity contribution in [3.8, 4) is 0 Å². The lowest BCUT2D eigenvalue weighted by Gasteiger charge is -2.24. The molecule has 1 heterocycles. The van der Waals surface area contributed by atoms with Crippen LogP contribution in [0.15, 0.2) is 22.7 Å². The van der Waals surface area contributed by atoms with Crippen molar-refractivity contribution in [3.05, 3.63) is 32.8 Å². The molecule has 0 radical (unpaired) electrons. The molecule has 1 aromatic carbocycles. The van der Waals surface area contributed by atoms with Gasteiger partial charge in [0.25, 0.3) is 5.69 Å². The summed E-state index contributed by atoms with van der Waals surface area (Å²) in [5, 5.41) is 17.5. The fraction of sp³-hybridized carbons (Fsp3) is 0.455. The first-order valence-corrected chi connectivity index (χ1v) is 6.37. The zero-order chi connectivity index (χ0) is 12.3. The van der Waals surface area contributed by atoms with Crippen molar-refractivity contribution in [3.63, 3.8) is 0 Å². The van der Waals surface area contributed by atoms with E-state index in [4.69, 9.17) is 0 Å². The van der Waals surface area contributed by atoms with Gasteiger partial charge in [-0.3, -0.25) is 10.1 Å². The van der Waals surface area contributed by atoms with Crippen LogP contribution < -0.4 is 10.6 Å². The van der Waals surface area contributed by atoms with E-state index < -0.39 is 0 Å². The molecule has 1 fully saturated rings. The second-order valence-corrected chi connectivity index (χ2v) is 5.02. The Morgan fingerprint density at radius 3 is 3.00 bits per heavy atom. The number of halogens is 1. The molecule has 0 aliphatic carbocycles. The molecular formula is C11H14BrN3O2. The van der Waals surface area contributed by atoms with E-state index in [1.54, 1.807) is 6.07 Å². The quantitative estimate of drug-likeness (QED) is 0.665. The van der Waals surface area contributed by atoms with Crippen LogP contribution >= 0.6 is 15.9 Å². The maximum Gasteiger partial charge on any atom is 0.293 e. The van der Waals surface area contributed by atoms with Crippen molar-refractivity contribution in [1.29, 1.82) is 0 Å². The van der Waals surface area contributed by atoms with Crippen LogP contribution in [0.2, 0.25) is 0 Å². The van der Waals surface area contributed by atoms with Crippen LogP contribution in [0.3, 0.4) is 0 Å². The predicted octanol–water partition coefficient (Wildman–Crippen LogP) is 2.52. The molecule has 5 nitrogen and oxygen atoms in total. The van der Waals surface area contributed by atoms with E-state index in [2.05, 4.69) is 26.6 Å². The molecule has 1 aliphatic heterocycles. The van der Waals surface area contributed by atoms with Crippen LogP contribution in [0.1, 0.15) is 12.8 Å². The third-order valence-corrected chi connectivity index (χ3v) is 3.31. The van der Waals surface area contributed by atoms with E-state index in [0.29, 0.717) is 5.69 Å². The highest BCUT2D eigenvalue weighted by molar-refractivity contribution is 9.10. The molecule has 1 atom stereocenters. The highest BCUT2D eigenvalue weighted by Gasteiger charge is 2.18. The van der Waals surface area contributed by atoms with Gasteiger partial charge in [0.1, 0.15) is 5.69 Å². The number of nitro groups is 1. The summed E-state index contributed by atoms with van der Waals surface area (Å²) in [4.78, 5) is 10.6. The average Bonchev–Trinajstić information content (AvgIpc) is 2.32. The van der Waals surface area contributed by atoms with Crippen LogP contribution in [-0.2, 0) is 0 Å². The zero-order valence-corrected chi connectivity index (χ0v) is 10.9. The Morgan fingerprint density at radius 1 is 1.53 bits per heavy atom. The molecule has 0 aromatic heterocycles. The smallest absolute Gasteiger partial charge is 0.293 e. The molecule has 1 aromatic rings. The third-order valence-electron chi connectivity index (χ3n) is 2.81. The van der Waals surface area contributed by atoms with Gasteiger partial charge in [-0.1, -0.05) is 15.9 Å². The number of anilines is 1. The van der Waals surface area contributed by atoms with Gasteiger partial charge in [0.2, 0.25) is 0 Å². The minimum absolute atomic E-state index is 0.116. The van der Waals surface area contributed by atoms with Crippen molar-refractivity contribution in [1.82, 2.24) is 5.32 Å². The number of nitrogens with zero attached hydrogens (tertiary/aromatic N) is 1. The van der Waals surface area contributed by atoms with Gasteiger partial charge in [-0.15, -0.1) is 0 Å². The maximum absolute atomic E-state index is 10.9. The van der Waals surface area contributed by atoms with E-state index in [0.717, 1.165) is 30.4 Å². The third kappa shape index (κ3) is 3.17. The molecule has 0 unspecified atom stereocenters. The average molecular weight is 300 g/mol. The summed E-state index contributed by atoms with van der Waals surface area (Å²) < 4.78 is 0.719. The number of rotatable bonds is 3. The highest BCUT2D eigenvalue weighted by atomic mass is 79.9. The molecule has 1 aliphatic rings. The van der Waals surface area contributed by atoms with Gasteiger partial charge >= 0.3 is 0 Å². The topological polar surface area (TPSA) is 67.2 Å². The summed E-state index contributed by atoms with van der Waals surface area (Å²) in [5.74, 6) is 0. The van der Waals surface area contributed by atoms with Crippen LogP contribution in [-0.4, -0.2) is 24.1 Å². The van der Waals surface area contributed by atoms with Gasteiger partial charge in [0.05, 0.1) is 4.92 Å². The second kappa shape index (κ2) is 5.46. The Bertz CT molecular complexity index is 419. The normalized spacial score (nSPS) is 19.9. The standard InChI is InChI=1S/C11H14BrN3O2/c12-8-3-4-10(11(6-8)15(16)17)14-9-2-1-5-13-7-9/h3-4,6,9,13-14H,1-2,5,7H2/t9-/m1/s1. The molecule has 0 spiro atoms. The lowest BCUT2D eigenvalue weighted by Crippen LogP contribution is -2.38. The molecular weight excluding hydrogens is 286 g/mol. The Morgan fingerprint density at radius 2 is 2.35 bits per heavy atom. The van der Waals surface area contributed by atoms with E-state index in [9.17, 15) is 10.1 Å². The highest BCUT2D eigenvalue weighted by Crippen LogP contribution is 2.29. The lowest BCUT2D eigenvalue weighted by atomic mass is 10.1. The molecule has 0 saturated carbocycles. The number of nitro benzene ring substituents is 1. The van der Waals surface area contributed by atoms with Crippen molar-refractivity contribution in [2.75, 3.05) is 18.4 Å². The Balaban J connectivity index is 2.16. The van der Waals surface area contributed by atoms with Gasteiger partial charge in [-0.2, -0.15) is 0 Å². The number of benzene rings is 1. The molecule has 0 bridgehead atoms. The minimum atomic E-state index is -0.358. The fourth-order valence-electron chi connectivity index (χ4n) is 1.97. The van der Waals surface area contributed by atoms with Gasteiger partial charge < -0.3 is 10.6 Å². The first-order chi connectivity index (χ1) is 8.16. The van der Waals surface area contributed by atoms with Crippen molar-refractivity contribution in [2.24, 2.45) is 0 Å². The van der Waals surface area contributed by atoms with E-state index in [1.165, 1.54) is 6.07 Å². The summed E-state index contributed by atoms with van der Waals surface area (Å²) in [6.07, 6.45) is 2.14. The summed E-state index contributed by atoms with van der Waals surface area (Å²) in [6.45, 7) is 1.88. The molecule has 2 rings (SSSR count). The molecule has 1 saturated heterocycles. The van der Waals surface area contributed by atoms with E-state index >= 15 is 0 Å². The molecule has 2 N–H and O–H groups in total. The molecule has 92 valence electrons. The summed E-state index contributed by atoms with van der Waals surface area (Å²) in [5.41, 5.74) is 0.705. The molecule has 6 heteroatoms.